The fraction of sp³-hybridized carbons (Fsp3) is 0.100. The van der Waals surface area contributed by atoms with Gasteiger partial charge in [-0.25, -0.2) is 9.79 Å². The van der Waals surface area contributed by atoms with Crippen LogP contribution in [0, 0.1) is 0 Å². The number of cyclic esters (lactones) is 1. The minimum Gasteiger partial charge on any atom is -0.497 e. The molecule has 2 aromatic carbocycles. The molecule has 2 heterocycles. The van der Waals surface area contributed by atoms with Crippen LogP contribution in [0.5, 0.6) is 11.5 Å². The lowest BCUT2D eigenvalue weighted by Gasteiger charge is -2.07. The SMILES string of the molecule is COc1ccc(OC)c(/C=C2\N=C(c3sc4cc(Cl)ccc4c3Cl)OC2=O)c1. The van der Waals surface area contributed by atoms with Gasteiger partial charge in [0.1, 0.15) is 16.4 Å². The molecule has 0 spiro atoms. The molecule has 0 bridgehead atoms. The second kappa shape index (κ2) is 7.47. The maximum atomic E-state index is 12.4. The first kappa shape index (κ1) is 18.8. The summed E-state index contributed by atoms with van der Waals surface area (Å²) in [5.74, 6) is 0.818. The average molecular weight is 434 g/mol. The van der Waals surface area contributed by atoms with E-state index in [0.717, 1.165) is 10.1 Å². The van der Waals surface area contributed by atoms with E-state index in [2.05, 4.69) is 4.99 Å². The fourth-order valence-corrected chi connectivity index (χ4v) is 4.50. The molecule has 1 aliphatic heterocycles. The van der Waals surface area contributed by atoms with Crippen molar-refractivity contribution in [3.05, 3.63) is 62.6 Å². The van der Waals surface area contributed by atoms with Crippen LogP contribution in [0.15, 0.2) is 47.1 Å². The maximum absolute atomic E-state index is 12.4. The van der Waals surface area contributed by atoms with E-state index in [1.54, 1.807) is 44.6 Å². The Labute approximate surface area is 174 Å². The van der Waals surface area contributed by atoms with Crippen LogP contribution in [-0.2, 0) is 9.53 Å². The molecule has 142 valence electrons. The summed E-state index contributed by atoms with van der Waals surface area (Å²) in [6.45, 7) is 0. The molecule has 0 fully saturated rings. The molecule has 5 nitrogen and oxygen atoms in total. The Bertz CT molecular complexity index is 1170. The minimum absolute atomic E-state index is 0.146. The van der Waals surface area contributed by atoms with Crippen molar-refractivity contribution in [1.82, 2.24) is 0 Å². The Morgan fingerprint density at radius 3 is 2.68 bits per heavy atom. The molecular formula is C20H13Cl2NO4S. The minimum atomic E-state index is -0.563. The second-order valence-corrected chi connectivity index (χ2v) is 7.70. The Hall–Kier alpha value is -2.54. The van der Waals surface area contributed by atoms with Crippen molar-refractivity contribution in [2.45, 2.75) is 0 Å². The average Bonchev–Trinajstić information content (AvgIpc) is 3.21. The van der Waals surface area contributed by atoms with Crippen molar-refractivity contribution < 1.29 is 19.0 Å². The Kier molecular flexibility index (Phi) is 5.02. The second-order valence-electron chi connectivity index (χ2n) is 5.83. The third-order valence-electron chi connectivity index (χ3n) is 4.14. The Balaban J connectivity index is 1.77. The number of rotatable bonds is 4. The summed E-state index contributed by atoms with van der Waals surface area (Å²) < 4.78 is 16.8. The van der Waals surface area contributed by atoms with Crippen molar-refractivity contribution in [3.63, 3.8) is 0 Å². The number of fused-ring (bicyclic) bond motifs is 1. The summed E-state index contributed by atoms with van der Waals surface area (Å²) in [6.07, 6.45) is 1.59. The van der Waals surface area contributed by atoms with Crippen LogP contribution < -0.4 is 9.47 Å². The van der Waals surface area contributed by atoms with Gasteiger partial charge in [-0.2, -0.15) is 0 Å². The summed E-state index contributed by atoms with van der Waals surface area (Å²) in [5, 5.41) is 1.91. The van der Waals surface area contributed by atoms with Gasteiger partial charge >= 0.3 is 5.97 Å². The zero-order valence-electron chi connectivity index (χ0n) is 14.8. The largest absolute Gasteiger partial charge is 0.497 e. The lowest BCUT2D eigenvalue weighted by Crippen LogP contribution is -2.04. The fourth-order valence-electron chi connectivity index (χ4n) is 2.78. The molecule has 4 rings (SSSR count). The predicted octanol–water partition coefficient (Wildman–Crippen LogP) is 5.57. The van der Waals surface area contributed by atoms with Crippen LogP contribution in [0.25, 0.3) is 16.2 Å². The number of benzene rings is 2. The van der Waals surface area contributed by atoms with Gasteiger partial charge in [0.2, 0.25) is 5.90 Å². The van der Waals surface area contributed by atoms with Crippen LogP contribution >= 0.6 is 34.5 Å². The first-order chi connectivity index (χ1) is 13.5. The highest BCUT2D eigenvalue weighted by Crippen LogP contribution is 2.39. The summed E-state index contributed by atoms with van der Waals surface area (Å²) >= 11 is 13.9. The van der Waals surface area contributed by atoms with Crippen molar-refractivity contribution in [2.24, 2.45) is 4.99 Å². The van der Waals surface area contributed by atoms with Gasteiger partial charge in [-0.05, 0) is 36.4 Å². The van der Waals surface area contributed by atoms with Gasteiger partial charge in [0.15, 0.2) is 5.70 Å². The van der Waals surface area contributed by atoms with E-state index in [1.807, 2.05) is 12.1 Å². The molecule has 28 heavy (non-hydrogen) atoms. The number of carbonyl (C=O) groups is 1. The Morgan fingerprint density at radius 1 is 1.11 bits per heavy atom. The van der Waals surface area contributed by atoms with E-state index in [1.165, 1.54) is 11.3 Å². The number of methoxy groups -OCH3 is 2. The number of carbonyl (C=O) groups excluding carboxylic acids is 1. The zero-order chi connectivity index (χ0) is 19.8. The highest BCUT2D eigenvalue weighted by Gasteiger charge is 2.28. The summed E-state index contributed by atoms with van der Waals surface area (Å²) in [7, 11) is 3.11. The van der Waals surface area contributed by atoms with Gasteiger partial charge in [-0.1, -0.05) is 29.3 Å². The third-order valence-corrected chi connectivity index (χ3v) is 6.02. The number of nitrogens with zero attached hydrogens (tertiary/aromatic N) is 1. The van der Waals surface area contributed by atoms with Crippen molar-refractivity contribution in [3.8, 4) is 11.5 Å². The normalized spacial score (nSPS) is 15.1. The summed E-state index contributed by atoms with van der Waals surface area (Å²) in [6, 6.07) is 10.7. The van der Waals surface area contributed by atoms with Crippen molar-refractivity contribution >= 4 is 62.6 Å². The molecule has 0 radical (unpaired) electrons. The molecule has 0 atom stereocenters. The standard InChI is InChI=1S/C20H13Cl2NO4S/c1-25-12-4-6-15(26-2)10(7-12)8-14-20(24)27-19(23-14)18-17(22)13-5-3-11(21)9-16(13)28-18/h3-9H,1-2H3/b14-8-. The van der Waals surface area contributed by atoms with Gasteiger partial charge < -0.3 is 14.2 Å². The number of halogens is 2. The van der Waals surface area contributed by atoms with Gasteiger partial charge in [0.05, 0.1) is 19.2 Å². The predicted molar refractivity (Wildman–Crippen MR) is 112 cm³/mol. The lowest BCUT2D eigenvalue weighted by molar-refractivity contribution is -0.129. The van der Waals surface area contributed by atoms with Gasteiger partial charge in [0.25, 0.3) is 0 Å². The molecule has 0 amide bonds. The highest BCUT2D eigenvalue weighted by molar-refractivity contribution is 7.21. The number of esters is 1. The van der Waals surface area contributed by atoms with E-state index in [0.29, 0.717) is 32.0 Å². The number of thiophene rings is 1. The zero-order valence-corrected chi connectivity index (χ0v) is 17.1. The van der Waals surface area contributed by atoms with Crippen molar-refractivity contribution in [1.29, 1.82) is 0 Å². The van der Waals surface area contributed by atoms with E-state index in [4.69, 9.17) is 37.4 Å². The maximum Gasteiger partial charge on any atom is 0.363 e. The molecule has 0 aliphatic carbocycles. The van der Waals surface area contributed by atoms with Crippen molar-refractivity contribution in [2.75, 3.05) is 14.2 Å². The van der Waals surface area contributed by atoms with Crippen LogP contribution in [0.4, 0.5) is 0 Å². The molecule has 0 unspecified atom stereocenters. The number of ether oxygens (including phenoxy) is 3. The van der Waals surface area contributed by atoms with Gasteiger partial charge in [-0.3, -0.25) is 0 Å². The molecule has 0 saturated carbocycles. The first-order valence-corrected chi connectivity index (χ1v) is 9.70. The molecule has 1 aliphatic rings. The number of hydrogen-bond donors (Lipinski definition) is 0. The Morgan fingerprint density at radius 2 is 1.93 bits per heavy atom. The van der Waals surface area contributed by atoms with E-state index >= 15 is 0 Å². The topological polar surface area (TPSA) is 57.1 Å². The first-order valence-electron chi connectivity index (χ1n) is 8.12. The summed E-state index contributed by atoms with van der Waals surface area (Å²) in [5.41, 5.74) is 0.793. The van der Waals surface area contributed by atoms with E-state index < -0.39 is 5.97 Å². The molecule has 1 aromatic heterocycles. The van der Waals surface area contributed by atoms with Gasteiger partial charge in [-0.15, -0.1) is 11.3 Å². The van der Waals surface area contributed by atoms with Crippen LogP contribution in [0.2, 0.25) is 10.0 Å². The molecule has 0 saturated heterocycles. The van der Waals surface area contributed by atoms with E-state index in [9.17, 15) is 4.79 Å². The quantitative estimate of drug-likeness (QED) is 0.398. The third kappa shape index (κ3) is 3.35. The number of hydrogen-bond acceptors (Lipinski definition) is 6. The molecular weight excluding hydrogens is 421 g/mol. The summed E-state index contributed by atoms with van der Waals surface area (Å²) in [4.78, 5) is 17.3. The smallest absolute Gasteiger partial charge is 0.363 e. The molecule has 8 heteroatoms. The van der Waals surface area contributed by atoms with Crippen LogP contribution in [0.3, 0.4) is 0 Å². The van der Waals surface area contributed by atoms with E-state index in [-0.39, 0.29) is 11.6 Å². The molecule has 3 aromatic rings. The number of aliphatic imine (C=N–C) groups is 1. The highest BCUT2D eigenvalue weighted by atomic mass is 35.5. The molecule has 0 N–H and O–H groups in total. The van der Waals surface area contributed by atoms with Crippen LogP contribution in [-0.4, -0.2) is 26.1 Å². The monoisotopic (exact) mass is 433 g/mol. The lowest BCUT2D eigenvalue weighted by atomic mass is 10.1. The van der Waals surface area contributed by atoms with Gasteiger partial charge in [0, 0.05) is 20.7 Å². The van der Waals surface area contributed by atoms with Crippen LogP contribution in [0.1, 0.15) is 10.4 Å².